The van der Waals surface area contributed by atoms with Gasteiger partial charge in [-0.25, -0.2) is 0 Å². The monoisotopic (exact) mass is 457 g/mol. The Bertz CT molecular complexity index is 1080. The van der Waals surface area contributed by atoms with E-state index in [9.17, 15) is 9.90 Å². The van der Waals surface area contributed by atoms with E-state index in [1.807, 2.05) is 18.2 Å². The average Bonchev–Trinajstić information content (AvgIpc) is 3.24. The Morgan fingerprint density at radius 2 is 2.04 bits per heavy atom. The lowest BCUT2D eigenvalue weighted by molar-refractivity contribution is 0.0989. The van der Waals surface area contributed by atoms with Crippen molar-refractivity contribution in [3.63, 3.8) is 0 Å². The van der Waals surface area contributed by atoms with Gasteiger partial charge in [-0.1, -0.05) is 15.9 Å². The van der Waals surface area contributed by atoms with Crippen molar-refractivity contribution in [2.24, 2.45) is 5.73 Å². The third-order valence-electron chi connectivity index (χ3n) is 4.52. The molecule has 2 aromatic carbocycles. The number of aromatic nitrogens is 1. The topological polar surface area (TPSA) is 115 Å². The van der Waals surface area contributed by atoms with Crippen LogP contribution in [0.4, 0.5) is 16.4 Å². The molecule has 142 valence electrons. The lowest BCUT2D eigenvalue weighted by Crippen LogP contribution is -2.28. The van der Waals surface area contributed by atoms with Crippen molar-refractivity contribution in [2.75, 3.05) is 16.8 Å². The number of nitrogens with one attached hydrogen (secondary N) is 2. The minimum Gasteiger partial charge on any atom is -0.492 e. The van der Waals surface area contributed by atoms with Gasteiger partial charge in [0, 0.05) is 28.0 Å². The largest absolute Gasteiger partial charge is 0.492 e. The van der Waals surface area contributed by atoms with Gasteiger partial charge in [-0.15, -0.1) is 0 Å². The van der Waals surface area contributed by atoms with Crippen molar-refractivity contribution < 1.29 is 9.90 Å². The number of amidine groups is 1. The number of nitrogens with two attached hydrogens (primary N) is 1. The Morgan fingerprint density at radius 3 is 2.75 bits per heavy atom. The maximum absolute atomic E-state index is 12.9. The van der Waals surface area contributed by atoms with E-state index >= 15 is 0 Å². The van der Waals surface area contributed by atoms with Gasteiger partial charge in [0.15, 0.2) is 0 Å². The van der Waals surface area contributed by atoms with Crippen LogP contribution >= 0.6 is 27.5 Å². The molecule has 0 radical (unpaired) electrons. The number of hydrogen-bond donors (Lipinski definition) is 4. The molecule has 5 N–H and O–H groups in total. The number of amides is 1. The first-order valence-electron chi connectivity index (χ1n) is 8.44. The number of hydrogen-bond acceptors (Lipinski definition) is 6. The summed E-state index contributed by atoms with van der Waals surface area (Å²) >= 11 is 4.48. The highest BCUT2D eigenvalue weighted by Crippen LogP contribution is 2.33. The molecular formula is C19H16BrN5O2S. The van der Waals surface area contributed by atoms with E-state index in [0.29, 0.717) is 22.8 Å². The summed E-state index contributed by atoms with van der Waals surface area (Å²) in [6, 6.07) is 13.0. The molecule has 1 aliphatic rings. The first kappa shape index (κ1) is 18.5. The Hall–Kier alpha value is -2.91. The van der Waals surface area contributed by atoms with Gasteiger partial charge in [-0.2, -0.15) is 4.37 Å². The number of halogens is 1. The predicted molar refractivity (Wildman–Crippen MR) is 114 cm³/mol. The van der Waals surface area contributed by atoms with Crippen LogP contribution in [0, 0.1) is 5.41 Å². The van der Waals surface area contributed by atoms with Gasteiger partial charge in [0.05, 0.1) is 0 Å². The van der Waals surface area contributed by atoms with E-state index in [1.54, 1.807) is 29.2 Å². The molecule has 0 bridgehead atoms. The standard InChI is InChI=1S/C19H16BrN5O2S/c20-12-3-6-14-11(9-12)7-8-25(14)19(27)10-1-4-13(5-2-10)23-18-15(16(21)22)17(26)24-28-18/h1-6,9,23H,7-8H2,(H3,21,22)(H,24,26). The first-order valence-corrected chi connectivity index (χ1v) is 10.0. The van der Waals surface area contributed by atoms with E-state index in [4.69, 9.17) is 11.1 Å². The summed E-state index contributed by atoms with van der Waals surface area (Å²) in [5.74, 6) is -0.585. The molecule has 0 spiro atoms. The van der Waals surface area contributed by atoms with Crippen LogP contribution in [0.3, 0.4) is 0 Å². The molecule has 0 saturated carbocycles. The predicted octanol–water partition coefficient (Wildman–Crippen LogP) is 3.84. The Kier molecular flexibility index (Phi) is 4.78. The van der Waals surface area contributed by atoms with E-state index in [2.05, 4.69) is 25.6 Å². The molecule has 0 aliphatic carbocycles. The molecule has 2 heterocycles. The van der Waals surface area contributed by atoms with Crippen molar-refractivity contribution in [2.45, 2.75) is 6.42 Å². The summed E-state index contributed by atoms with van der Waals surface area (Å²) in [5.41, 5.74) is 9.05. The Balaban J connectivity index is 1.53. The van der Waals surface area contributed by atoms with Gasteiger partial charge in [-0.05, 0) is 66.0 Å². The van der Waals surface area contributed by atoms with Gasteiger partial charge >= 0.3 is 0 Å². The van der Waals surface area contributed by atoms with Crippen LogP contribution in [0.5, 0.6) is 5.88 Å². The minimum atomic E-state index is -0.272. The van der Waals surface area contributed by atoms with Gasteiger partial charge in [0.25, 0.3) is 5.91 Å². The highest BCUT2D eigenvalue weighted by atomic mass is 79.9. The zero-order valence-electron chi connectivity index (χ0n) is 14.6. The zero-order valence-corrected chi connectivity index (χ0v) is 17.0. The zero-order chi connectivity index (χ0) is 19.8. The molecule has 3 aromatic rings. The summed E-state index contributed by atoms with van der Waals surface area (Å²) < 4.78 is 4.82. The molecule has 1 aromatic heterocycles. The lowest BCUT2D eigenvalue weighted by Gasteiger charge is -2.17. The SMILES string of the molecule is N=C(N)c1c(O)nsc1Nc1ccc(C(=O)N2CCc3cc(Br)ccc32)cc1. The quantitative estimate of drug-likeness (QED) is 0.350. The Morgan fingerprint density at radius 1 is 1.29 bits per heavy atom. The number of anilines is 3. The van der Waals surface area contributed by atoms with Crippen molar-refractivity contribution in [1.82, 2.24) is 4.37 Å². The molecule has 7 nitrogen and oxygen atoms in total. The van der Waals surface area contributed by atoms with Gasteiger partial charge in [-0.3, -0.25) is 10.2 Å². The summed E-state index contributed by atoms with van der Waals surface area (Å²) in [5, 5.41) is 20.8. The third kappa shape index (κ3) is 3.34. The molecule has 28 heavy (non-hydrogen) atoms. The van der Waals surface area contributed by atoms with E-state index < -0.39 is 0 Å². The van der Waals surface area contributed by atoms with Gasteiger partial charge in [0.1, 0.15) is 16.4 Å². The van der Waals surface area contributed by atoms with E-state index in [1.165, 1.54) is 0 Å². The number of carbonyl (C=O) groups excluding carboxylic acids is 1. The maximum Gasteiger partial charge on any atom is 0.258 e. The molecule has 1 amide bonds. The molecule has 0 unspecified atom stereocenters. The second-order valence-corrected chi connectivity index (χ2v) is 8.00. The highest BCUT2D eigenvalue weighted by Gasteiger charge is 2.25. The molecule has 0 fully saturated rings. The van der Waals surface area contributed by atoms with Crippen LogP contribution in [0.2, 0.25) is 0 Å². The Labute approximate surface area is 173 Å². The van der Waals surface area contributed by atoms with Crippen molar-refractivity contribution >= 4 is 55.6 Å². The van der Waals surface area contributed by atoms with Gasteiger partial charge < -0.3 is 21.1 Å². The highest BCUT2D eigenvalue weighted by molar-refractivity contribution is 9.10. The number of rotatable bonds is 4. The van der Waals surface area contributed by atoms with Crippen LogP contribution in [0.1, 0.15) is 21.5 Å². The number of aromatic hydroxyl groups is 1. The number of carbonyl (C=O) groups is 1. The summed E-state index contributed by atoms with van der Waals surface area (Å²) in [6.45, 7) is 0.659. The fourth-order valence-corrected chi connectivity index (χ4v) is 4.31. The van der Waals surface area contributed by atoms with Crippen molar-refractivity contribution in [3.05, 3.63) is 63.6 Å². The lowest BCUT2D eigenvalue weighted by atomic mass is 10.1. The maximum atomic E-state index is 12.9. The number of benzene rings is 2. The summed E-state index contributed by atoms with van der Waals surface area (Å²) in [6.07, 6.45) is 0.836. The fourth-order valence-electron chi connectivity index (χ4n) is 3.17. The van der Waals surface area contributed by atoms with Crippen LogP contribution in [0.15, 0.2) is 46.9 Å². The molecule has 4 rings (SSSR count). The van der Waals surface area contributed by atoms with Crippen molar-refractivity contribution in [3.8, 4) is 5.88 Å². The molecule has 0 saturated heterocycles. The number of fused-ring (bicyclic) bond motifs is 1. The minimum absolute atomic E-state index is 0.0486. The normalized spacial score (nSPS) is 12.7. The van der Waals surface area contributed by atoms with E-state index in [-0.39, 0.29) is 23.2 Å². The second-order valence-electron chi connectivity index (χ2n) is 6.31. The van der Waals surface area contributed by atoms with Crippen molar-refractivity contribution in [1.29, 1.82) is 5.41 Å². The molecule has 9 heteroatoms. The van der Waals surface area contributed by atoms with Crippen LogP contribution in [0.25, 0.3) is 0 Å². The number of nitrogens with zero attached hydrogens (tertiary/aromatic N) is 2. The van der Waals surface area contributed by atoms with Crippen LogP contribution in [-0.4, -0.2) is 27.8 Å². The van der Waals surface area contributed by atoms with Gasteiger partial charge in [0.2, 0.25) is 5.88 Å². The summed E-state index contributed by atoms with van der Waals surface area (Å²) in [4.78, 5) is 14.7. The molecular weight excluding hydrogens is 442 g/mol. The van der Waals surface area contributed by atoms with E-state index in [0.717, 1.165) is 33.7 Å². The fraction of sp³-hybridized carbons (Fsp3) is 0.105. The molecule has 1 aliphatic heterocycles. The smallest absolute Gasteiger partial charge is 0.258 e. The van der Waals surface area contributed by atoms with Crippen LogP contribution < -0.4 is 16.0 Å². The average molecular weight is 458 g/mol. The third-order valence-corrected chi connectivity index (χ3v) is 5.76. The van der Waals surface area contributed by atoms with Crippen LogP contribution in [-0.2, 0) is 6.42 Å². The first-order chi connectivity index (χ1) is 13.4. The second kappa shape index (κ2) is 7.25. The molecule has 0 atom stereocenters. The summed E-state index contributed by atoms with van der Waals surface area (Å²) in [7, 11) is 0. The number of nitrogen functional groups attached to an aromatic ring is 1.